The molecule has 0 spiro atoms. The predicted octanol–water partition coefficient (Wildman–Crippen LogP) is 3.10. The maximum absolute atomic E-state index is 5.64. The molecule has 3 heterocycles. The van der Waals surface area contributed by atoms with Gasteiger partial charge in [-0.15, -0.1) is 10.2 Å². The normalized spacial score (nSPS) is 17.4. The molecule has 1 aromatic carbocycles. The molecule has 0 saturated carbocycles. The molecule has 0 unspecified atom stereocenters. The smallest absolute Gasteiger partial charge is 0.238 e. The summed E-state index contributed by atoms with van der Waals surface area (Å²) < 4.78 is 5.64. The van der Waals surface area contributed by atoms with Crippen LogP contribution in [0.15, 0.2) is 47.0 Å². The van der Waals surface area contributed by atoms with Crippen LogP contribution in [0.4, 0.5) is 5.82 Å². The molecule has 1 aliphatic rings. The Bertz CT molecular complexity index is 817. The quantitative estimate of drug-likeness (QED) is 0.735. The monoisotopic (exact) mass is 321 g/mol. The molecule has 0 amide bonds. The Labute approximate surface area is 140 Å². The summed E-state index contributed by atoms with van der Waals surface area (Å²) in [4.78, 5) is 11.4. The third kappa shape index (κ3) is 2.99. The molecule has 1 saturated heterocycles. The average molecular weight is 321 g/mol. The fourth-order valence-electron chi connectivity index (χ4n) is 3.16. The van der Waals surface area contributed by atoms with Crippen LogP contribution in [0.1, 0.15) is 42.1 Å². The minimum Gasteiger partial charge on any atom is -0.423 e. The molecule has 0 radical (unpaired) electrons. The predicted molar refractivity (Wildman–Crippen MR) is 89.6 cm³/mol. The number of benzene rings is 1. The van der Waals surface area contributed by atoms with Gasteiger partial charge in [0.2, 0.25) is 11.8 Å². The summed E-state index contributed by atoms with van der Waals surface area (Å²) in [5, 5.41) is 8.15. The Morgan fingerprint density at radius 1 is 1.17 bits per heavy atom. The molecule has 6 nitrogen and oxygen atoms in total. The Morgan fingerprint density at radius 2 is 2.04 bits per heavy atom. The molecule has 4 rings (SSSR count). The van der Waals surface area contributed by atoms with E-state index in [2.05, 4.69) is 32.2 Å². The van der Waals surface area contributed by atoms with Gasteiger partial charge in [-0.2, -0.15) is 0 Å². The molecule has 1 fully saturated rings. The van der Waals surface area contributed by atoms with Gasteiger partial charge in [0.15, 0.2) is 0 Å². The summed E-state index contributed by atoms with van der Waals surface area (Å²) in [6, 6.07) is 12.3. The number of aromatic nitrogens is 4. The van der Waals surface area contributed by atoms with Crippen molar-refractivity contribution in [3.8, 4) is 0 Å². The standard InChI is InChI=1S/C18H19N5O/c1-13-21-22-18(24-13)15-8-5-11-23(15)17-9-10-19-16(20-17)12-14-6-3-2-4-7-14/h2-4,6-7,9-10,15H,5,8,11-12H2,1H3/t15-/m0/s1. The van der Waals surface area contributed by atoms with Crippen molar-refractivity contribution < 1.29 is 4.42 Å². The van der Waals surface area contributed by atoms with Gasteiger partial charge >= 0.3 is 0 Å². The van der Waals surface area contributed by atoms with Crippen molar-refractivity contribution >= 4 is 5.82 Å². The third-order valence-corrected chi connectivity index (χ3v) is 4.27. The van der Waals surface area contributed by atoms with Gasteiger partial charge in [-0.1, -0.05) is 30.3 Å². The lowest BCUT2D eigenvalue weighted by atomic mass is 10.1. The van der Waals surface area contributed by atoms with Crippen molar-refractivity contribution in [2.75, 3.05) is 11.4 Å². The molecule has 3 aromatic rings. The van der Waals surface area contributed by atoms with Crippen LogP contribution in [0.5, 0.6) is 0 Å². The van der Waals surface area contributed by atoms with Crippen molar-refractivity contribution in [2.45, 2.75) is 32.2 Å². The molecule has 1 aliphatic heterocycles. The molecule has 6 heteroatoms. The molecule has 1 atom stereocenters. The fourth-order valence-corrected chi connectivity index (χ4v) is 3.16. The van der Waals surface area contributed by atoms with E-state index in [4.69, 9.17) is 9.40 Å². The van der Waals surface area contributed by atoms with E-state index in [0.29, 0.717) is 11.8 Å². The topological polar surface area (TPSA) is 67.9 Å². The summed E-state index contributed by atoms with van der Waals surface area (Å²) in [7, 11) is 0. The summed E-state index contributed by atoms with van der Waals surface area (Å²) in [6.45, 7) is 2.76. The SMILES string of the molecule is Cc1nnc([C@@H]2CCCN2c2ccnc(Cc3ccccc3)n2)o1. The third-order valence-electron chi connectivity index (χ3n) is 4.27. The molecule has 0 aliphatic carbocycles. The van der Waals surface area contributed by atoms with Crippen LogP contribution in [0, 0.1) is 6.92 Å². The Morgan fingerprint density at radius 3 is 2.83 bits per heavy atom. The number of anilines is 1. The van der Waals surface area contributed by atoms with Crippen molar-refractivity contribution in [1.82, 2.24) is 20.2 Å². The first-order valence-corrected chi connectivity index (χ1v) is 8.22. The Kier molecular flexibility index (Phi) is 3.94. The number of rotatable bonds is 4. The van der Waals surface area contributed by atoms with Crippen molar-refractivity contribution in [3.63, 3.8) is 0 Å². The second-order valence-corrected chi connectivity index (χ2v) is 6.00. The van der Waals surface area contributed by atoms with Gasteiger partial charge in [0.1, 0.15) is 17.7 Å². The van der Waals surface area contributed by atoms with Crippen LogP contribution in [0.25, 0.3) is 0 Å². The highest BCUT2D eigenvalue weighted by atomic mass is 16.4. The van der Waals surface area contributed by atoms with Crippen LogP contribution in [-0.4, -0.2) is 26.7 Å². The van der Waals surface area contributed by atoms with Gasteiger partial charge in [0.05, 0.1) is 0 Å². The van der Waals surface area contributed by atoms with Gasteiger partial charge < -0.3 is 9.32 Å². The zero-order valence-corrected chi connectivity index (χ0v) is 13.6. The molecular weight excluding hydrogens is 302 g/mol. The molecule has 0 N–H and O–H groups in total. The number of hydrogen-bond acceptors (Lipinski definition) is 6. The summed E-state index contributed by atoms with van der Waals surface area (Å²) >= 11 is 0. The molecule has 122 valence electrons. The largest absolute Gasteiger partial charge is 0.423 e. The lowest BCUT2D eigenvalue weighted by Gasteiger charge is -2.23. The molecule has 0 bridgehead atoms. The maximum Gasteiger partial charge on any atom is 0.238 e. The second kappa shape index (κ2) is 6.39. The van der Waals surface area contributed by atoms with Gasteiger partial charge in [-0.25, -0.2) is 9.97 Å². The molecule has 2 aromatic heterocycles. The van der Waals surface area contributed by atoms with Crippen molar-refractivity contribution in [1.29, 1.82) is 0 Å². The van der Waals surface area contributed by atoms with E-state index in [1.165, 1.54) is 5.56 Å². The zero-order valence-electron chi connectivity index (χ0n) is 13.6. The van der Waals surface area contributed by atoms with Crippen molar-refractivity contribution in [2.24, 2.45) is 0 Å². The maximum atomic E-state index is 5.64. The zero-order chi connectivity index (χ0) is 16.4. The highest BCUT2D eigenvalue weighted by Gasteiger charge is 2.31. The lowest BCUT2D eigenvalue weighted by Crippen LogP contribution is -2.24. The van der Waals surface area contributed by atoms with E-state index in [9.17, 15) is 0 Å². The number of hydrogen-bond donors (Lipinski definition) is 0. The highest BCUT2D eigenvalue weighted by molar-refractivity contribution is 5.41. The minimum absolute atomic E-state index is 0.102. The van der Waals surface area contributed by atoms with Crippen LogP contribution in [-0.2, 0) is 6.42 Å². The van der Waals surface area contributed by atoms with Crippen molar-refractivity contribution in [3.05, 3.63) is 65.8 Å². The first-order chi connectivity index (χ1) is 11.8. The van der Waals surface area contributed by atoms with Gasteiger partial charge in [-0.05, 0) is 24.5 Å². The Balaban J connectivity index is 1.58. The second-order valence-electron chi connectivity index (χ2n) is 6.00. The van der Waals surface area contributed by atoms with Crippen LogP contribution >= 0.6 is 0 Å². The van der Waals surface area contributed by atoms with E-state index in [0.717, 1.165) is 37.4 Å². The number of nitrogens with zero attached hydrogens (tertiary/aromatic N) is 5. The first-order valence-electron chi connectivity index (χ1n) is 8.22. The highest BCUT2D eigenvalue weighted by Crippen LogP contribution is 2.34. The van der Waals surface area contributed by atoms with Crippen LogP contribution < -0.4 is 4.90 Å². The van der Waals surface area contributed by atoms with E-state index >= 15 is 0 Å². The van der Waals surface area contributed by atoms with E-state index < -0.39 is 0 Å². The fraction of sp³-hybridized carbons (Fsp3) is 0.333. The summed E-state index contributed by atoms with van der Waals surface area (Å²) in [5.41, 5.74) is 1.21. The average Bonchev–Trinajstić information content (AvgIpc) is 3.24. The van der Waals surface area contributed by atoms with Gasteiger partial charge in [0.25, 0.3) is 0 Å². The minimum atomic E-state index is 0.102. The summed E-state index contributed by atoms with van der Waals surface area (Å²) in [6.07, 6.45) is 4.64. The Hall–Kier alpha value is -2.76. The summed E-state index contributed by atoms with van der Waals surface area (Å²) in [5.74, 6) is 3.03. The van der Waals surface area contributed by atoms with Crippen LogP contribution in [0.3, 0.4) is 0 Å². The van der Waals surface area contributed by atoms with E-state index in [1.54, 1.807) is 0 Å². The molecular formula is C18H19N5O. The van der Waals surface area contributed by atoms with Gasteiger partial charge in [-0.3, -0.25) is 0 Å². The van der Waals surface area contributed by atoms with Crippen LogP contribution in [0.2, 0.25) is 0 Å². The lowest BCUT2D eigenvalue weighted by molar-refractivity contribution is 0.429. The first kappa shape index (κ1) is 14.8. The molecule has 24 heavy (non-hydrogen) atoms. The van der Waals surface area contributed by atoms with E-state index in [1.807, 2.05) is 37.4 Å². The van der Waals surface area contributed by atoms with Gasteiger partial charge in [0, 0.05) is 26.1 Å². The van der Waals surface area contributed by atoms with E-state index in [-0.39, 0.29) is 6.04 Å². The number of aryl methyl sites for hydroxylation is 1.